The molecule has 2 N–H and O–H groups in total. The lowest BCUT2D eigenvalue weighted by Crippen LogP contribution is -2.12. The largest absolute Gasteiger partial charge is 0.497 e. The van der Waals surface area contributed by atoms with Gasteiger partial charge in [-0.3, -0.25) is 5.32 Å². The first-order valence-electron chi connectivity index (χ1n) is 6.34. The summed E-state index contributed by atoms with van der Waals surface area (Å²) < 4.78 is 14.9. The standard InChI is InChI=1S/C14H16N4O4/c1-20-9-4-5-10(11(8-9)21-2)15-12-6-7-13(18-17-12)16-14(19)22-3/h4-8H,1-3H3,(H,15,17)(H,16,18,19). The molecule has 1 heterocycles. The summed E-state index contributed by atoms with van der Waals surface area (Å²) in [5, 5.41) is 13.3. The molecule has 2 rings (SSSR count). The molecule has 2 aromatic rings. The molecule has 1 aromatic carbocycles. The molecule has 0 unspecified atom stereocenters. The predicted molar refractivity (Wildman–Crippen MR) is 80.9 cm³/mol. The molecule has 1 aromatic heterocycles. The number of hydrogen-bond donors (Lipinski definition) is 2. The van der Waals surface area contributed by atoms with Crippen LogP contribution in [0, 0.1) is 0 Å². The molecule has 116 valence electrons. The Hall–Kier alpha value is -3.03. The van der Waals surface area contributed by atoms with Crippen molar-refractivity contribution in [3.05, 3.63) is 30.3 Å². The molecule has 0 radical (unpaired) electrons. The lowest BCUT2D eigenvalue weighted by Gasteiger charge is -2.11. The van der Waals surface area contributed by atoms with Crippen LogP contribution in [0.3, 0.4) is 0 Å². The number of rotatable bonds is 5. The van der Waals surface area contributed by atoms with Gasteiger partial charge in [-0.2, -0.15) is 0 Å². The number of ether oxygens (including phenoxy) is 3. The topological polar surface area (TPSA) is 94.6 Å². The van der Waals surface area contributed by atoms with Crippen molar-refractivity contribution in [2.45, 2.75) is 0 Å². The van der Waals surface area contributed by atoms with E-state index in [0.717, 1.165) is 0 Å². The number of benzene rings is 1. The molecule has 0 atom stereocenters. The smallest absolute Gasteiger partial charge is 0.412 e. The lowest BCUT2D eigenvalue weighted by atomic mass is 10.2. The second kappa shape index (κ2) is 7.11. The van der Waals surface area contributed by atoms with Crippen LogP contribution in [0.2, 0.25) is 0 Å². The molecule has 0 aliphatic rings. The highest BCUT2D eigenvalue weighted by molar-refractivity contribution is 5.83. The van der Waals surface area contributed by atoms with Gasteiger partial charge >= 0.3 is 6.09 Å². The van der Waals surface area contributed by atoms with Gasteiger partial charge in [-0.05, 0) is 24.3 Å². The number of carbonyl (C=O) groups is 1. The zero-order chi connectivity index (χ0) is 15.9. The van der Waals surface area contributed by atoms with Crippen LogP contribution in [0.5, 0.6) is 11.5 Å². The Kier molecular flexibility index (Phi) is 4.97. The van der Waals surface area contributed by atoms with Crippen molar-refractivity contribution in [3.8, 4) is 11.5 Å². The van der Waals surface area contributed by atoms with Gasteiger partial charge in [0.1, 0.15) is 11.5 Å². The van der Waals surface area contributed by atoms with Crippen molar-refractivity contribution in [1.82, 2.24) is 10.2 Å². The maximum atomic E-state index is 11.1. The van der Waals surface area contributed by atoms with Gasteiger partial charge in [-0.15, -0.1) is 10.2 Å². The zero-order valence-electron chi connectivity index (χ0n) is 12.4. The van der Waals surface area contributed by atoms with Gasteiger partial charge in [0.2, 0.25) is 0 Å². The van der Waals surface area contributed by atoms with Crippen molar-refractivity contribution in [3.63, 3.8) is 0 Å². The monoisotopic (exact) mass is 304 g/mol. The third-order valence-electron chi connectivity index (χ3n) is 2.75. The van der Waals surface area contributed by atoms with Crippen LogP contribution in [0.4, 0.5) is 22.1 Å². The minimum Gasteiger partial charge on any atom is -0.497 e. The molecule has 0 aliphatic carbocycles. The van der Waals surface area contributed by atoms with E-state index < -0.39 is 6.09 Å². The van der Waals surface area contributed by atoms with E-state index in [1.807, 2.05) is 0 Å². The molecular formula is C14H16N4O4. The minimum absolute atomic E-state index is 0.291. The average Bonchev–Trinajstić information content (AvgIpc) is 2.56. The fraction of sp³-hybridized carbons (Fsp3) is 0.214. The molecule has 8 heteroatoms. The van der Waals surface area contributed by atoms with Crippen LogP contribution >= 0.6 is 0 Å². The van der Waals surface area contributed by atoms with Crippen LogP contribution in [0.25, 0.3) is 0 Å². The molecular weight excluding hydrogens is 288 g/mol. The van der Waals surface area contributed by atoms with Crippen molar-refractivity contribution >= 4 is 23.4 Å². The summed E-state index contributed by atoms with van der Waals surface area (Å²) in [6, 6.07) is 8.62. The van der Waals surface area contributed by atoms with Gasteiger partial charge in [-0.1, -0.05) is 0 Å². The first kappa shape index (κ1) is 15.4. The molecule has 0 spiro atoms. The van der Waals surface area contributed by atoms with E-state index in [1.54, 1.807) is 44.6 Å². The number of hydrogen-bond acceptors (Lipinski definition) is 7. The Morgan fingerprint density at radius 2 is 1.73 bits per heavy atom. The summed E-state index contributed by atoms with van der Waals surface area (Å²) in [5.74, 6) is 2.09. The number of amides is 1. The van der Waals surface area contributed by atoms with Crippen molar-refractivity contribution in [2.24, 2.45) is 0 Å². The average molecular weight is 304 g/mol. The van der Waals surface area contributed by atoms with E-state index in [1.165, 1.54) is 7.11 Å². The molecule has 0 fully saturated rings. The summed E-state index contributed by atoms with van der Waals surface area (Å²) in [4.78, 5) is 11.1. The van der Waals surface area contributed by atoms with E-state index in [4.69, 9.17) is 9.47 Å². The van der Waals surface area contributed by atoms with Gasteiger partial charge in [0.05, 0.1) is 27.0 Å². The number of methoxy groups -OCH3 is 3. The van der Waals surface area contributed by atoms with E-state index in [9.17, 15) is 4.79 Å². The lowest BCUT2D eigenvalue weighted by molar-refractivity contribution is 0.187. The number of nitrogens with zero attached hydrogens (tertiary/aromatic N) is 2. The van der Waals surface area contributed by atoms with E-state index in [-0.39, 0.29) is 0 Å². The quantitative estimate of drug-likeness (QED) is 0.875. The summed E-state index contributed by atoms with van der Waals surface area (Å²) in [7, 11) is 4.42. The zero-order valence-corrected chi connectivity index (χ0v) is 12.4. The van der Waals surface area contributed by atoms with Crippen LogP contribution in [-0.4, -0.2) is 37.6 Å². The van der Waals surface area contributed by atoms with Gasteiger partial charge in [0, 0.05) is 6.07 Å². The maximum Gasteiger partial charge on any atom is 0.412 e. The second-order valence-corrected chi connectivity index (χ2v) is 4.11. The van der Waals surface area contributed by atoms with E-state index in [2.05, 4.69) is 25.6 Å². The molecule has 0 bridgehead atoms. The highest BCUT2D eigenvalue weighted by Gasteiger charge is 2.07. The van der Waals surface area contributed by atoms with Gasteiger partial charge in [0.25, 0.3) is 0 Å². The Bertz CT molecular complexity index is 646. The molecule has 8 nitrogen and oxygen atoms in total. The third-order valence-corrected chi connectivity index (χ3v) is 2.75. The first-order valence-corrected chi connectivity index (χ1v) is 6.34. The Morgan fingerprint density at radius 3 is 2.32 bits per heavy atom. The Morgan fingerprint density at radius 1 is 1.00 bits per heavy atom. The highest BCUT2D eigenvalue weighted by atomic mass is 16.5. The van der Waals surface area contributed by atoms with Crippen LogP contribution in [0.15, 0.2) is 30.3 Å². The molecule has 0 saturated heterocycles. The van der Waals surface area contributed by atoms with E-state index >= 15 is 0 Å². The number of nitrogens with one attached hydrogen (secondary N) is 2. The molecule has 22 heavy (non-hydrogen) atoms. The fourth-order valence-corrected chi connectivity index (χ4v) is 1.66. The Labute approximate surface area is 127 Å². The van der Waals surface area contributed by atoms with Crippen molar-refractivity contribution in [1.29, 1.82) is 0 Å². The number of anilines is 3. The summed E-state index contributed by atoms with van der Waals surface area (Å²) in [6.45, 7) is 0. The van der Waals surface area contributed by atoms with Crippen LogP contribution in [-0.2, 0) is 4.74 Å². The van der Waals surface area contributed by atoms with Gasteiger partial charge in [0.15, 0.2) is 11.6 Å². The Balaban J connectivity index is 2.12. The van der Waals surface area contributed by atoms with Crippen molar-refractivity contribution < 1.29 is 19.0 Å². The number of carbonyl (C=O) groups excluding carboxylic acids is 1. The summed E-state index contributed by atoms with van der Waals surface area (Å²) >= 11 is 0. The maximum absolute atomic E-state index is 11.1. The van der Waals surface area contributed by atoms with E-state index in [0.29, 0.717) is 28.8 Å². The number of aromatic nitrogens is 2. The van der Waals surface area contributed by atoms with Gasteiger partial charge in [-0.25, -0.2) is 4.79 Å². The highest BCUT2D eigenvalue weighted by Crippen LogP contribution is 2.30. The van der Waals surface area contributed by atoms with Crippen LogP contribution in [0.1, 0.15) is 0 Å². The fourth-order valence-electron chi connectivity index (χ4n) is 1.66. The molecule has 0 saturated carbocycles. The van der Waals surface area contributed by atoms with Crippen molar-refractivity contribution in [2.75, 3.05) is 32.0 Å². The third kappa shape index (κ3) is 3.75. The first-order chi connectivity index (χ1) is 10.7. The summed E-state index contributed by atoms with van der Waals surface area (Å²) in [5.41, 5.74) is 0.714. The van der Waals surface area contributed by atoms with Crippen LogP contribution < -0.4 is 20.1 Å². The summed E-state index contributed by atoms with van der Waals surface area (Å²) in [6.07, 6.45) is -0.605. The normalized spacial score (nSPS) is 9.77. The molecule has 1 amide bonds. The second-order valence-electron chi connectivity index (χ2n) is 4.11. The van der Waals surface area contributed by atoms with Gasteiger partial charge < -0.3 is 19.5 Å². The minimum atomic E-state index is -0.605. The predicted octanol–water partition coefficient (Wildman–Crippen LogP) is 2.42. The SMILES string of the molecule is COC(=O)Nc1ccc(Nc2ccc(OC)cc2OC)nn1. The molecule has 0 aliphatic heterocycles.